The number of sulfonamides is 1. The molecule has 220 valence electrons. The molecule has 1 N–H and O–H groups in total. The van der Waals surface area contributed by atoms with Crippen LogP contribution in [0.3, 0.4) is 0 Å². The molecule has 0 saturated carbocycles. The second-order valence-corrected chi connectivity index (χ2v) is 12.9. The van der Waals surface area contributed by atoms with Gasteiger partial charge in [-0.1, -0.05) is 78.0 Å². The SMILES string of the molecule is CCCCNC(=O)[C@H](C)N(Cc1c(Cl)cccc1Cl)C(=O)CN(c1ccc(C)c(Cl)c1)S(=O)(=O)c1ccc(C)cc1. The van der Waals surface area contributed by atoms with Gasteiger partial charge in [-0.05, 0) is 69.2 Å². The van der Waals surface area contributed by atoms with E-state index in [1.54, 1.807) is 56.3 Å². The molecule has 3 aromatic carbocycles. The molecule has 1 atom stereocenters. The highest BCUT2D eigenvalue weighted by molar-refractivity contribution is 7.92. The van der Waals surface area contributed by atoms with Crippen LogP contribution in [-0.2, 0) is 26.2 Å². The van der Waals surface area contributed by atoms with E-state index in [2.05, 4.69) is 5.32 Å². The summed E-state index contributed by atoms with van der Waals surface area (Å²) in [5, 5.41) is 3.84. The molecule has 2 amide bonds. The maximum atomic E-state index is 14.0. The highest BCUT2D eigenvalue weighted by Gasteiger charge is 2.33. The van der Waals surface area contributed by atoms with Gasteiger partial charge in [0, 0.05) is 33.7 Å². The number of hydrogen-bond acceptors (Lipinski definition) is 4. The normalized spacial score (nSPS) is 12.1. The Morgan fingerprint density at radius 3 is 2.15 bits per heavy atom. The number of anilines is 1. The van der Waals surface area contributed by atoms with Gasteiger partial charge in [0.1, 0.15) is 12.6 Å². The fourth-order valence-electron chi connectivity index (χ4n) is 4.08. The Morgan fingerprint density at radius 2 is 1.56 bits per heavy atom. The summed E-state index contributed by atoms with van der Waals surface area (Å²) in [5.74, 6) is -0.993. The van der Waals surface area contributed by atoms with Crippen molar-refractivity contribution >= 4 is 62.3 Å². The van der Waals surface area contributed by atoms with Gasteiger partial charge in [-0.2, -0.15) is 0 Å². The topological polar surface area (TPSA) is 86.8 Å². The minimum Gasteiger partial charge on any atom is -0.354 e. The van der Waals surface area contributed by atoms with Gasteiger partial charge < -0.3 is 10.2 Å². The maximum absolute atomic E-state index is 14.0. The first-order chi connectivity index (χ1) is 19.4. The van der Waals surface area contributed by atoms with Gasteiger partial charge in [0.2, 0.25) is 11.8 Å². The van der Waals surface area contributed by atoms with Crippen LogP contribution in [0, 0.1) is 13.8 Å². The summed E-state index contributed by atoms with van der Waals surface area (Å²) >= 11 is 19.2. The van der Waals surface area contributed by atoms with E-state index >= 15 is 0 Å². The molecule has 0 spiro atoms. The van der Waals surface area contributed by atoms with Gasteiger partial charge >= 0.3 is 0 Å². The lowest BCUT2D eigenvalue weighted by Crippen LogP contribution is -2.51. The van der Waals surface area contributed by atoms with Gasteiger partial charge in [0.05, 0.1) is 10.6 Å². The average Bonchev–Trinajstić information content (AvgIpc) is 2.93. The summed E-state index contributed by atoms with van der Waals surface area (Å²) < 4.78 is 28.9. The summed E-state index contributed by atoms with van der Waals surface area (Å²) in [6, 6.07) is 15.1. The van der Waals surface area contributed by atoms with Crippen molar-refractivity contribution < 1.29 is 18.0 Å². The van der Waals surface area contributed by atoms with E-state index in [1.165, 1.54) is 23.1 Å². The first-order valence-electron chi connectivity index (χ1n) is 13.2. The molecule has 0 aromatic heterocycles. The Hall–Kier alpha value is -2.78. The van der Waals surface area contributed by atoms with Crippen molar-refractivity contribution in [2.45, 2.75) is 58.0 Å². The van der Waals surface area contributed by atoms with Crippen LogP contribution in [-0.4, -0.2) is 44.3 Å². The highest BCUT2D eigenvalue weighted by atomic mass is 35.5. The van der Waals surface area contributed by atoms with Gasteiger partial charge in [0.15, 0.2) is 0 Å². The van der Waals surface area contributed by atoms with Crippen LogP contribution < -0.4 is 9.62 Å². The molecule has 7 nitrogen and oxygen atoms in total. The summed E-state index contributed by atoms with van der Waals surface area (Å²) in [5.41, 5.74) is 2.30. The predicted octanol–water partition coefficient (Wildman–Crippen LogP) is 6.79. The molecule has 0 aliphatic carbocycles. The average molecular weight is 639 g/mol. The molecule has 0 aliphatic heterocycles. The molecular formula is C30H34Cl3N3O4S. The van der Waals surface area contributed by atoms with Crippen LogP contribution in [0.1, 0.15) is 43.4 Å². The quantitative estimate of drug-likeness (QED) is 0.221. The summed E-state index contributed by atoms with van der Waals surface area (Å²) in [6.45, 7) is 6.99. The second kappa shape index (κ2) is 14.4. The van der Waals surface area contributed by atoms with Crippen molar-refractivity contribution in [3.05, 3.63) is 92.4 Å². The largest absolute Gasteiger partial charge is 0.354 e. The number of rotatable bonds is 12. The molecule has 3 aromatic rings. The van der Waals surface area contributed by atoms with E-state index in [4.69, 9.17) is 34.8 Å². The molecule has 0 radical (unpaired) electrons. The number of nitrogens with one attached hydrogen (secondary N) is 1. The van der Waals surface area contributed by atoms with Crippen molar-refractivity contribution in [1.82, 2.24) is 10.2 Å². The lowest BCUT2D eigenvalue weighted by molar-refractivity contribution is -0.139. The number of carbonyl (C=O) groups excluding carboxylic acids is 2. The van der Waals surface area contributed by atoms with E-state index in [9.17, 15) is 18.0 Å². The third-order valence-electron chi connectivity index (χ3n) is 6.72. The van der Waals surface area contributed by atoms with Crippen LogP contribution in [0.25, 0.3) is 0 Å². The van der Waals surface area contributed by atoms with Crippen LogP contribution in [0.2, 0.25) is 15.1 Å². The Kier molecular flexibility index (Phi) is 11.5. The van der Waals surface area contributed by atoms with Crippen LogP contribution in [0.4, 0.5) is 5.69 Å². The Bertz CT molecular complexity index is 1480. The Morgan fingerprint density at radius 1 is 0.927 bits per heavy atom. The third kappa shape index (κ3) is 8.16. The van der Waals surface area contributed by atoms with E-state index < -0.39 is 28.5 Å². The fraction of sp³-hybridized carbons (Fsp3) is 0.333. The zero-order valence-electron chi connectivity index (χ0n) is 23.5. The molecule has 0 fully saturated rings. The zero-order valence-corrected chi connectivity index (χ0v) is 26.5. The zero-order chi connectivity index (χ0) is 30.3. The maximum Gasteiger partial charge on any atom is 0.264 e. The molecule has 41 heavy (non-hydrogen) atoms. The smallest absolute Gasteiger partial charge is 0.264 e. The van der Waals surface area contributed by atoms with E-state index in [-0.39, 0.29) is 23.0 Å². The first-order valence-corrected chi connectivity index (χ1v) is 15.8. The standard InChI is InChI=1S/C30H34Cl3N3O4S/c1-5-6-16-34-30(38)22(4)35(18-25-26(31)8-7-9-27(25)32)29(37)19-36(23-13-12-21(3)28(33)17-23)41(39,40)24-14-10-20(2)11-15-24/h7-15,17,22H,5-6,16,18-19H2,1-4H3,(H,34,38)/t22-/m0/s1. The fourth-order valence-corrected chi connectivity index (χ4v) is 6.17. The molecule has 0 aliphatic rings. The number of unbranched alkanes of at least 4 members (excludes halogenated alkanes) is 1. The summed E-state index contributed by atoms with van der Waals surface area (Å²) in [7, 11) is -4.21. The number of amides is 2. The van der Waals surface area contributed by atoms with Gasteiger partial charge in [0.25, 0.3) is 10.0 Å². The van der Waals surface area contributed by atoms with Crippen molar-refractivity contribution in [1.29, 1.82) is 0 Å². The predicted molar refractivity (Wildman–Crippen MR) is 166 cm³/mol. The number of benzene rings is 3. The summed E-state index contributed by atoms with van der Waals surface area (Å²) in [6.07, 6.45) is 1.66. The lowest BCUT2D eigenvalue weighted by atomic mass is 10.1. The van der Waals surface area contributed by atoms with Crippen LogP contribution >= 0.6 is 34.8 Å². The first kappa shape index (κ1) is 32.7. The number of nitrogens with zero attached hydrogens (tertiary/aromatic N) is 2. The molecule has 0 bridgehead atoms. The lowest BCUT2D eigenvalue weighted by Gasteiger charge is -2.32. The number of aryl methyl sites for hydroxylation is 2. The third-order valence-corrected chi connectivity index (χ3v) is 9.62. The molecule has 11 heteroatoms. The number of hydrogen-bond donors (Lipinski definition) is 1. The van der Waals surface area contributed by atoms with E-state index in [0.717, 1.165) is 28.3 Å². The van der Waals surface area contributed by atoms with Gasteiger partial charge in [-0.15, -0.1) is 0 Å². The van der Waals surface area contributed by atoms with Crippen molar-refractivity contribution in [2.75, 3.05) is 17.4 Å². The molecule has 0 unspecified atom stereocenters. The van der Waals surface area contributed by atoms with Crippen LogP contribution in [0.5, 0.6) is 0 Å². The van der Waals surface area contributed by atoms with Crippen LogP contribution in [0.15, 0.2) is 65.6 Å². The van der Waals surface area contributed by atoms with Crippen molar-refractivity contribution in [3.63, 3.8) is 0 Å². The summed E-state index contributed by atoms with van der Waals surface area (Å²) in [4.78, 5) is 28.4. The second-order valence-electron chi connectivity index (χ2n) is 9.80. The highest BCUT2D eigenvalue weighted by Crippen LogP contribution is 2.30. The van der Waals surface area contributed by atoms with Gasteiger partial charge in [-0.3, -0.25) is 13.9 Å². The van der Waals surface area contributed by atoms with E-state index in [1.807, 2.05) is 13.8 Å². The molecule has 0 saturated heterocycles. The molecule has 3 rings (SSSR count). The van der Waals surface area contributed by atoms with Crippen molar-refractivity contribution in [3.8, 4) is 0 Å². The van der Waals surface area contributed by atoms with Crippen molar-refractivity contribution in [2.24, 2.45) is 0 Å². The Labute approximate surface area is 257 Å². The monoisotopic (exact) mass is 637 g/mol. The number of carbonyl (C=O) groups is 2. The Balaban J connectivity index is 2.06. The minimum atomic E-state index is -4.21. The molecule has 0 heterocycles. The van der Waals surface area contributed by atoms with E-state index in [0.29, 0.717) is 27.2 Å². The molecular weight excluding hydrogens is 605 g/mol. The van der Waals surface area contributed by atoms with Gasteiger partial charge in [-0.25, -0.2) is 8.42 Å². The number of halogens is 3. The minimum absolute atomic E-state index is 0.0126.